The Labute approximate surface area is 177 Å². The Balaban J connectivity index is 2.84. The van der Waals surface area contributed by atoms with Crippen molar-refractivity contribution >= 4 is 23.8 Å². The summed E-state index contributed by atoms with van der Waals surface area (Å²) in [6, 6.07) is -3.38. The lowest BCUT2D eigenvalue weighted by Crippen LogP contribution is -2.68. The summed E-state index contributed by atoms with van der Waals surface area (Å²) in [5, 5.41) is 42.5. The van der Waals surface area contributed by atoms with Gasteiger partial charge in [-0.05, 0) is 20.3 Å². The van der Waals surface area contributed by atoms with E-state index in [0.717, 1.165) is 0 Å². The fourth-order valence-corrected chi connectivity index (χ4v) is 2.91. The van der Waals surface area contributed by atoms with Crippen LogP contribution in [0.2, 0.25) is 0 Å². The van der Waals surface area contributed by atoms with E-state index in [-0.39, 0.29) is 12.8 Å². The molecule has 1 unspecified atom stereocenters. The molecule has 1 rings (SSSR count). The number of aliphatic hydroxyl groups excluding tert-OH is 2. The van der Waals surface area contributed by atoms with Gasteiger partial charge in [-0.25, -0.2) is 4.79 Å². The number of aliphatic carboxylic acids is 2. The molecule has 0 radical (unpaired) electrons. The van der Waals surface area contributed by atoms with Crippen molar-refractivity contribution in [1.82, 2.24) is 10.6 Å². The number of carbonyl (C=O) groups excluding carboxylic acids is 2. The molecule has 0 aliphatic carbocycles. The van der Waals surface area contributed by atoms with Gasteiger partial charge in [-0.1, -0.05) is 0 Å². The van der Waals surface area contributed by atoms with Crippen molar-refractivity contribution in [3.8, 4) is 0 Å². The highest BCUT2D eigenvalue weighted by Gasteiger charge is 2.46. The second-order valence-corrected chi connectivity index (χ2v) is 7.21. The molecule has 0 aromatic heterocycles. The summed E-state index contributed by atoms with van der Waals surface area (Å²) in [6.07, 6.45) is -6.88. The highest BCUT2D eigenvalue weighted by atomic mass is 16.6. The molecule has 2 amide bonds. The summed E-state index contributed by atoms with van der Waals surface area (Å²) in [5.74, 6) is -4.08. The summed E-state index contributed by atoms with van der Waals surface area (Å²) in [6.45, 7) is 2.01. The Hall–Kier alpha value is -2.36. The normalized spacial score (nSPS) is 28.9. The summed E-state index contributed by atoms with van der Waals surface area (Å²) in [5.41, 5.74) is 11.2. The van der Waals surface area contributed by atoms with Crippen LogP contribution in [0.1, 0.15) is 26.7 Å². The van der Waals surface area contributed by atoms with Crippen LogP contribution in [-0.2, 0) is 28.7 Å². The number of amides is 2. The van der Waals surface area contributed by atoms with Crippen LogP contribution in [0.25, 0.3) is 0 Å². The van der Waals surface area contributed by atoms with Crippen molar-refractivity contribution < 1.29 is 49.1 Å². The topological polar surface area (TPSA) is 244 Å². The lowest BCUT2D eigenvalue weighted by atomic mass is 9.96. The second-order valence-electron chi connectivity index (χ2n) is 7.21. The highest BCUT2D eigenvalue weighted by Crippen LogP contribution is 2.22. The van der Waals surface area contributed by atoms with Crippen LogP contribution < -0.4 is 22.1 Å². The third-order valence-corrected chi connectivity index (χ3v) is 4.77. The quantitative estimate of drug-likeness (QED) is 0.142. The first-order chi connectivity index (χ1) is 14.4. The molecule has 10 N–H and O–H groups in total. The largest absolute Gasteiger partial charge is 0.481 e. The van der Waals surface area contributed by atoms with Crippen LogP contribution in [0, 0.1) is 0 Å². The number of ether oxygens (including phenoxy) is 2. The number of carboxylic acid groups (broad SMARTS) is 2. The minimum Gasteiger partial charge on any atom is -0.481 e. The van der Waals surface area contributed by atoms with Gasteiger partial charge >= 0.3 is 11.9 Å². The molecule has 0 saturated carbocycles. The number of rotatable bonds is 12. The first-order valence-electron chi connectivity index (χ1n) is 9.54. The standard InChI is InChI=1S/C17H30N4O10/c1-6(15(27)21-8(14(19)26)3-4-10(23)24)20-16-11(18)13(30-7(2)17(28)29)12(25)9(5-22)31-16/h6-9,11-13,16,20,22,25H,3-5,18H2,1-2H3,(H2,19,26)(H,21,27)(H,23,24)(H,28,29)/t6-,7+,8-,9+,11+,12+,13+,16?/m0/s1. The number of carbonyl (C=O) groups is 4. The van der Waals surface area contributed by atoms with Crippen LogP contribution in [0.3, 0.4) is 0 Å². The summed E-state index contributed by atoms with van der Waals surface area (Å²) in [7, 11) is 0. The van der Waals surface area contributed by atoms with Crippen molar-refractivity contribution in [3.63, 3.8) is 0 Å². The molecule has 0 aromatic rings. The molecule has 14 heteroatoms. The first-order valence-corrected chi connectivity index (χ1v) is 9.54. The number of hydrogen-bond acceptors (Lipinski definition) is 10. The zero-order valence-corrected chi connectivity index (χ0v) is 17.1. The minimum atomic E-state index is -1.43. The van der Waals surface area contributed by atoms with Crippen LogP contribution in [0.15, 0.2) is 0 Å². The Morgan fingerprint density at radius 1 is 1.19 bits per heavy atom. The fraction of sp³-hybridized carbons (Fsp3) is 0.765. The van der Waals surface area contributed by atoms with Gasteiger partial charge in [-0.3, -0.25) is 19.7 Å². The molecule has 1 saturated heterocycles. The third-order valence-electron chi connectivity index (χ3n) is 4.77. The number of nitrogens with one attached hydrogen (secondary N) is 2. The van der Waals surface area contributed by atoms with E-state index in [0.29, 0.717) is 0 Å². The molecule has 1 fully saturated rings. The molecular weight excluding hydrogens is 420 g/mol. The van der Waals surface area contributed by atoms with Crippen LogP contribution >= 0.6 is 0 Å². The smallest absolute Gasteiger partial charge is 0.332 e. The average Bonchev–Trinajstić information content (AvgIpc) is 2.69. The number of primary amides is 1. The Morgan fingerprint density at radius 2 is 1.81 bits per heavy atom. The van der Waals surface area contributed by atoms with Gasteiger partial charge in [0.25, 0.3) is 0 Å². The minimum absolute atomic E-state index is 0.204. The summed E-state index contributed by atoms with van der Waals surface area (Å²) < 4.78 is 10.8. The fourth-order valence-electron chi connectivity index (χ4n) is 2.91. The van der Waals surface area contributed by atoms with Gasteiger partial charge in [-0.15, -0.1) is 0 Å². The van der Waals surface area contributed by atoms with Crippen LogP contribution in [0.4, 0.5) is 0 Å². The first kappa shape index (κ1) is 26.7. The predicted molar refractivity (Wildman–Crippen MR) is 102 cm³/mol. The van der Waals surface area contributed by atoms with Gasteiger partial charge in [-0.2, -0.15) is 0 Å². The van der Waals surface area contributed by atoms with E-state index in [9.17, 15) is 29.4 Å². The summed E-state index contributed by atoms with van der Waals surface area (Å²) >= 11 is 0. The molecule has 1 heterocycles. The molecular formula is C17H30N4O10. The van der Waals surface area contributed by atoms with Crippen LogP contribution in [0.5, 0.6) is 0 Å². The van der Waals surface area contributed by atoms with E-state index in [4.69, 9.17) is 31.2 Å². The maximum Gasteiger partial charge on any atom is 0.332 e. The number of carboxylic acids is 2. The van der Waals surface area contributed by atoms with Crippen molar-refractivity contribution in [2.24, 2.45) is 11.5 Å². The molecule has 0 bridgehead atoms. The maximum atomic E-state index is 12.4. The molecule has 31 heavy (non-hydrogen) atoms. The third kappa shape index (κ3) is 7.68. The van der Waals surface area contributed by atoms with E-state index in [1.165, 1.54) is 13.8 Å². The zero-order valence-electron chi connectivity index (χ0n) is 17.1. The van der Waals surface area contributed by atoms with Crippen molar-refractivity contribution in [2.75, 3.05) is 6.61 Å². The van der Waals surface area contributed by atoms with E-state index in [2.05, 4.69) is 10.6 Å². The monoisotopic (exact) mass is 450 g/mol. The van der Waals surface area contributed by atoms with Crippen molar-refractivity contribution in [2.45, 2.75) is 75.5 Å². The van der Waals surface area contributed by atoms with Gasteiger partial charge in [0.15, 0.2) is 6.10 Å². The van der Waals surface area contributed by atoms with Gasteiger partial charge in [0.05, 0.1) is 18.7 Å². The van der Waals surface area contributed by atoms with Crippen molar-refractivity contribution in [1.29, 1.82) is 0 Å². The van der Waals surface area contributed by atoms with Gasteiger partial charge in [0.2, 0.25) is 11.8 Å². The van der Waals surface area contributed by atoms with Crippen LogP contribution in [-0.4, -0.2) is 99.6 Å². The maximum absolute atomic E-state index is 12.4. The van der Waals surface area contributed by atoms with Gasteiger partial charge in [0, 0.05) is 6.42 Å². The molecule has 14 nitrogen and oxygen atoms in total. The SMILES string of the molecule is C[C@H](NC1O[C@H](CO)[C@@H](O)[C@H](O[C@H](C)C(=O)O)[C@H]1N)C(=O)N[C@@H](CCC(=O)O)C(N)=O. The molecule has 1 aliphatic rings. The number of aliphatic hydroxyl groups is 2. The van der Waals surface area contributed by atoms with E-state index < -0.39 is 79.1 Å². The number of hydrogen-bond donors (Lipinski definition) is 8. The van der Waals surface area contributed by atoms with E-state index in [1.807, 2.05) is 0 Å². The molecule has 0 aromatic carbocycles. The van der Waals surface area contributed by atoms with Gasteiger partial charge in [0.1, 0.15) is 30.6 Å². The Bertz CT molecular complexity index is 663. The van der Waals surface area contributed by atoms with Crippen molar-refractivity contribution in [3.05, 3.63) is 0 Å². The van der Waals surface area contributed by atoms with E-state index >= 15 is 0 Å². The lowest BCUT2D eigenvalue weighted by Gasteiger charge is -2.44. The molecule has 0 spiro atoms. The average molecular weight is 450 g/mol. The Morgan fingerprint density at radius 3 is 2.29 bits per heavy atom. The highest BCUT2D eigenvalue weighted by molar-refractivity contribution is 5.89. The summed E-state index contributed by atoms with van der Waals surface area (Å²) in [4.78, 5) is 45.6. The Kier molecular flexibility index (Phi) is 10.2. The second kappa shape index (κ2) is 11.9. The van der Waals surface area contributed by atoms with E-state index in [1.54, 1.807) is 0 Å². The molecule has 8 atom stereocenters. The predicted octanol–water partition coefficient (Wildman–Crippen LogP) is -3.94. The lowest BCUT2D eigenvalue weighted by molar-refractivity contribution is -0.221. The zero-order chi connectivity index (χ0) is 23.9. The molecule has 1 aliphatic heterocycles. The van der Waals surface area contributed by atoms with Gasteiger partial charge < -0.3 is 46.7 Å². The molecule has 178 valence electrons. The number of nitrogens with two attached hydrogens (primary N) is 2.